The molecule has 5 heteroatoms. The summed E-state index contributed by atoms with van der Waals surface area (Å²) in [6.45, 7) is 5.55. The van der Waals surface area contributed by atoms with Crippen molar-refractivity contribution in [1.29, 1.82) is 0 Å². The molecule has 0 saturated heterocycles. The van der Waals surface area contributed by atoms with E-state index >= 15 is 0 Å². The summed E-state index contributed by atoms with van der Waals surface area (Å²) in [5.74, 6) is 0. The summed E-state index contributed by atoms with van der Waals surface area (Å²) in [5.41, 5.74) is 0. The molecule has 0 radical (unpaired) electrons. The van der Waals surface area contributed by atoms with E-state index in [0.29, 0.717) is 0 Å². The van der Waals surface area contributed by atoms with Gasteiger partial charge in [0.05, 0.1) is 23.4 Å². The summed E-state index contributed by atoms with van der Waals surface area (Å²) in [6.07, 6.45) is 0. The van der Waals surface area contributed by atoms with Crippen molar-refractivity contribution in [2.75, 3.05) is 23.4 Å². The van der Waals surface area contributed by atoms with Crippen LogP contribution in [0, 0.1) is 0 Å². The smallest absolute Gasteiger partial charge is 0.0665 e. The molecule has 0 aromatic carbocycles. The van der Waals surface area contributed by atoms with E-state index in [1.54, 1.807) is 0 Å². The van der Waals surface area contributed by atoms with Gasteiger partial charge in [0.2, 0.25) is 0 Å². The van der Waals surface area contributed by atoms with Crippen LogP contribution in [0.4, 0.5) is 0 Å². The number of thioether (sulfide) groups is 1. The lowest BCUT2D eigenvalue weighted by atomic mass is 10.9. The minimum atomic E-state index is 0.782. The first kappa shape index (κ1) is 12.0. The van der Waals surface area contributed by atoms with Crippen LogP contribution < -0.4 is 0 Å². The van der Waals surface area contributed by atoms with Crippen LogP contribution in [0.5, 0.6) is 0 Å². The van der Waals surface area contributed by atoms with Gasteiger partial charge in [0.15, 0.2) is 0 Å². The highest BCUT2D eigenvalue weighted by Crippen LogP contribution is 2.18. The molecule has 0 spiro atoms. The first-order valence-corrected chi connectivity index (χ1v) is 6.46. The van der Waals surface area contributed by atoms with Gasteiger partial charge in [-0.2, -0.15) is 0 Å². The van der Waals surface area contributed by atoms with Gasteiger partial charge in [0.25, 0.3) is 0 Å². The maximum Gasteiger partial charge on any atom is 0.0665 e. The van der Waals surface area contributed by atoms with Gasteiger partial charge in [-0.05, 0) is 13.8 Å². The molecule has 0 N–H and O–H groups in total. The lowest BCUT2D eigenvalue weighted by Crippen LogP contribution is -1.81. The van der Waals surface area contributed by atoms with E-state index in [0.717, 1.165) is 23.4 Å². The van der Waals surface area contributed by atoms with Crippen LogP contribution in [0.25, 0.3) is 0 Å². The molecule has 0 aliphatic carbocycles. The lowest BCUT2D eigenvalue weighted by Gasteiger charge is -1.99. The van der Waals surface area contributed by atoms with Gasteiger partial charge >= 0.3 is 0 Å². The second-order valence-corrected chi connectivity index (χ2v) is 4.73. The summed E-state index contributed by atoms with van der Waals surface area (Å²) in [5, 5.41) is 1.96. The van der Waals surface area contributed by atoms with Crippen molar-refractivity contribution in [3.05, 3.63) is 0 Å². The molecular formula is C6H14O2S3. The highest BCUT2D eigenvalue weighted by atomic mass is 32.2. The van der Waals surface area contributed by atoms with E-state index < -0.39 is 0 Å². The fourth-order valence-electron chi connectivity index (χ4n) is 0.337. The molecule has 68 valence electrons. The van der Waals surface area contributed by atoms with Crippen LogP contribution >= 0.6 is 35.8 Å². The van der Waals surface area contributed by atoms with Gasteiger partial charge in [-0.15, -0.1) is 11.8 Å². The van der Waals surface area contributed by atoms with Crippen LogP contribution in [0.15, 0.2) is 0 Å². The predicted molar refractivity (Wildman–Crippen MR) is 55.8 cm³/mol. The van der Waals surface area contributed by atoms with Crippen molar-refractivity contribution in [3.8, 4) is 0 Å². The van der Waals surface area contributed by atoms with Crippen molar-refractivity contribution in [3.63, 3.8) is 0 Å². The molecule has 0 fully saturated rings. The van der Waals surface area contributed by atoms with E-state index in [2.05, 4.69) is 0 Å². The second kappa shape index (κ2) is 11.0. The molecule has 0 rings (SSSR count). The molecule has 0 atom stereocenters. The van der Waals surface area contributed by atoms with Gasteiger partial charge in [-0.25, -0.2) is 0 Å². The molecule has 0 aliphatic rings. The lowest BCUT2D eigenvalue weighted by molar-refractivity contribution is 0.403. The topological polar surface area (TPSA) is 18.5 Å². The van der Waals surface area contributed by atoms with Crippen LogP contribution in [0.1, 0.15) is 13.8 Å². The fourth-order valence-corrected chi connectivity index (χ4v) is 2.64. The largest absolute Gasteiger partial charge is 0.315 e. The summed E-state index contributed by atoms with van der Waals surface area (Å²) in [7, 11) is 0. The quantitative estimate of drug-likeness (QED) is 0.350. The third-order valence-corrected chi connectivity index (χ3v) is 3.57. The van der Waals surface area contributed by atoms with E-state index in [4.69, 9.17) is 8.37 Å². The highest BCUT2D eigenvalue weighted by molar-refractivity contribution is 8.20. The summed E-state index contributed by atoms with van der Waals surface area (Å²) in [6, 6.07) is 0. The SMILES string of the molecule is CCOSCSCSOCC. The third-order valence-electron chi connectivity index (χ3n) is 0.665. The molecule has 11 heavy (non-hydrogen) atoms. The maximum absolute atomic E-state index is 5.09. The molecule has 0 bridgehead atoms. The van der Waals surface area contributed by atoms with E-state index in [-0.39, 0.29) is 0 Å². The van der Waals surface area contributed by atoms with Crippen molar-refractivity contribution in [1.82, 2.24) is 0 Å². The molecule has 2 nitrogen and oxygen atoms in total. The minimum Gasteiger partial charge on any atom is -0.315 e. The third kappa shape index (κ3) is 11.0. The Labute approximate surface area is 81.6 Å². The summed E-state index contributed by atoms with van der Waals surface area (Å²) in [4.78, 5) is 0. The van der Waals surface area contributed by atoms with Crippen molar-refractivity contribution in [2.45, 2.75) is 13.8 Å². The standard InChI is InChI=1S/C6H14O2S3/c1-3-7-10-5-9-6-11-8-4-2/h3-6H2,1-2H3. The van der Waals surface area contributed by atoms with Crippen LogP contribution in [-0.4, -0.2) is 23.4 Å². The van der Waals surface area contributed by atoms with Crippen LogP contribution in [-0.2, 0) is 8.37 Å². The Morgan fingerprint density at radius 2 is 1.36 bits per heavy atom. The van der Waals surface area contributed by atoms with Crippen molar-refractivity contribution < 1.29 is 8.37 Å². The summed E-state index contributed by atoms with van der Waals surface area (Å²) < 4.78 is 10.2. The van der Waals surface area contributed by atoms with E-state index in [9.17, 15) is 0 Å². The molecule has 0 aliphatic heterocycles. The van der Waals surface area contributed by atoms with E-state index in [1.807, 2.05) is 25.6 Å². The fraction of sp³-hybridized carbons (Fsp3) is 1.00. The summed E-state index contributed by atoms with van der Waals surface area (Å²) >= 11 is 4.82. The van der Waals surface area contributed by atoms with Gasteiger partial charge < -0.3 is 8.37 Å². The van der Waals surface area contributed by atoms with Gasteiger partial charge in [0.1, 0.15) is 0 Å². The number of hydrogen-bond donors (Lipinski definition) is 0. The molecule has 0 aromatic heterocycles. The molecule has 0 unspecified atom stereocenters. The Balaban J connectivity index is 2.69. The average molecular weight is 214 g/mol. The highest BCUT2D eigenvalue weighted by Gasteiger charge is 1.90. The predicted octanol–water partition coefficient (Wildman–Crippen LogP) is 3.00. The van der Waals surface area contributed by atoms with Crippen molar-refractivity contribution >= 4 is 35.8 Å². The molecule has 0 saturated carbocycles. The Morgan fingerprint density at radius 3 is 1.73 bits per heavy atom. The van der Waals surface area contributed by atoms with Crippen molar-refractivity contribution in [2.24, 2.45) is 0 Å². The Kier molecular flexibility index (Phi) is 11.9. The molecule has 0 heterocycles. The van der Waals surface area contributed by atoms with Gasteiger partial charge in [0, 0.05) is 24.1 Å². The Hall–Kier alpha value is 0.970. The van der Waals surface area contributed by atoms with E-state index in [1.165, 1.54) is 24.1 Å². The minimum absolute atomic E-state index is 0.782. The monoisotopic (exact) mass is 214 g/mol. The first-order valence-electron chi connectivity index (χ1n) is 3.48. The Morgan fingerprint density at radius 1 is 0.909 bits per heavy atom. The average Bonchev–Trinajstić information content (AvgIpc) is 2.03. The number of rotatable bonds is 8. The molecular weight excluding hydrogens is 200 g/mol. The zero-order valence-corrected chi connectivity index (χ0v) is 9.32. The van der Waals surface area contributed by atoms with Crippen LogP contribution in [0.2, 0.25) is 0 Å². The normalized spacial score (nSPS) is 10.4. The zero-order chi connectivity index (χ0) is 8.36. The van der Waals surface area contributed by atoms with Gasteiger partial charge in [-0.1, -0.05) is 0 Å². The first-order chi connectivity index (χ1) is 5.41. The second-order valence-electron chi connectivity index (χ2n) is 1.49. The Bertz CT molecular complexity index is 64.8. The zero-order valence-electron chi connectivity index (χ0n) is 6.87. The maximum atomic E-state index is 5.09. The van der Waals surface area contributed by atoms with Crippen LogP contribution in [0.3, 0.4) is 0 Å². The molecule has 0 aromatic rings. The molecule has 0 amide bonds. The number of hydrogen-bond acceptors (Lipinski definition) is 5. The van der Waals surface area contributed by atoms with Gasteiger partial charge in [-0.3, -0.25) is 0 Å².